The molecule has 0 bridgehead atoms. The van der Waals surface area contributed by atoms with Crippen molar-refractivity contribution in [1.29, 1.82) is 0 Å². The van der Waals surface area contributed by atoms with Gasteiger partial charge in [-0.3, -0.25) is 0 Å². The fourth-order valence-electron chi connectivity index (χ4n) is 2.32. The maximum atomic E-state index is 11.6. The molecule has 18 heavy (non-hydrogen) atoms. The molecular weight excluding hydrogens is 250 g/mol. The number of rotatable bonds is 5. The summed E-state index contributed by atoms with van der Waals surface area (Å²) < 4.78 is 8.73. The van der Waals surface area contributed by atoms with Crippen LogP contribution in [0.5, 0.6) is 0 Å². The molecule has 1 aliphatic carbocycles. The van der Waals surface area contributed by atoms with Gasteiger partial charge in [-0.05, 0) is 36.2 Å². The van der Waals surface area contributed by atoms with Gasteiger partial charge in [0.25, 0.3) is 0 Å². The molecule has 0 spiro atoms. The number of hydrogen-bond donors (Lipinski definition) is 2. The van der Waals surface area contributed by atoms with E-state index in [1.807, 2.05) is 0 Å². The molecule has 0 aromatic carbocycles. The molecule has 0 aliphatic heterocycles. The largest absolute Gasteiger partial charge is 0.465 e. The van der Waals surface area contributed by atoms with Crippen molar-refractivity contribution >= 4 is 28.3 Å². The molecule has 0 saturated heterocycles. The summed E-state index contributed by atoms with van der Waals surface area (Å²) in [4.78, 5) is 11.6. The zero-order chi connectivity index (χ0) is 13.2. The van der Waals surface area contributed by atoms with Crippen LogP contribution < -0.4 is 11.1 Å². The third-order valence-electron chi connectivity index (χ3n) is 3.90. The minimum Gasteiger partial charge on any atom is -0.465 e. The molecule has 3 N–H and O–H groups in total. The van der Waals surface area contributed by atoms with Crippen molar-refractivity contribution in [2.75, 3.05) is 24.7 Å². The molecular formula is C12H19N3O2S. The SMILES string of the molecule is CCC1(CNc2snc(N)c2C(=O)OC)CCC1. The highest BCUT2D eigenvalue weighted by Crippen LogP contribution is 2.44. The van der Waals surface area contributed by atoms with E-state index in [9.17, 15) is 4.79 Å². The van der Waals surface area contributed by atoms with Crippen LogP contribution >= 0.6 is 11.5 Å². The van der Waals surface area contributed by atoms with Gasteiger partial charge in [0.2, 0.25) is 0 Å². The summed E-state index contributed by atoms with van der Waals surface area (Å²) in [5.74, 6) is -0.184. The Kier molecular flexibility index (Phi) is 3.75. The van der Waals surface area contributed by atoms with E-state index in [0.717, 1.165) is 18.0 Å². The highest BCUT2D eigenvalue weighted by molar-refractivity contribution is 7.11. The summed E-state index contributed by atoms with van der Waals surface area (Å²) in [6, 6.07) is 0. The molecule has 100 valence electrons. The van der Waals surface area contributed by atoms with E-state index < -0.39 is 5.97 Å². The number of aromatic nitrogens is 1. The first-order valence-electron chi connectivity index (χ1n) is 6.19. The summed E-state index contributed by atoms with van der Waals surface area (Å²) in [5.41, 5.74) is 6.44. The van der Waals surface area contributed by atoms with Gasteiger partial charge < -0.3 is 15.8 Å². The number of nitrogen functional groups attached to an aromatic ring is 1. The molecule has 1 heterocycles. The van der Waals surface area contributed by atoms with Crippen molar-refractivity contribution in [3.05, 3.63) is 5.56 Å². The fraction of sp³-hybridized carbons (Fsp3) is 0.667. The molecule has 0 amide bonds. The smallest absolute Gasteiger partial charge is 0.344 e. The van der Waals surface area contributed by atoms with Gasteiger partial charge in [0.05, 0.1) is 7.11 Å². The molecule has 1 fully saturated rings. The third kappa shape index (κ3) is 2.29. The second-order valence-electron chi connectivity index (χ2n) is 4.82. The minimum atomic E-state index is -0.428. The first kappa shape index (κ1) is 13.1. The maximum absolute atomic E-state index is 11.6. The second-order valence-corrected chi connectivity index (χ2v) is 5.60. The molecule has 1 saturated carbocycles. The summed E-state index contributed by atoms with van der Waals surface area (Å²) in [6.45, 7) is 3.08. The lowest BCUT2D eigenvalue weighted by molar-refractivity contribution is 0.0603. The van der Waals surface area contributed by atoms with Crippen molar-refractivity contribution in [2.24, 2.45) is 5.41 Å². The van der Waals surface area contributed by atoms with Gasteiger partial charge in [-0.1, -0.05) is 13.3 Å². The quantitative estimate of drug-likeness (QED) is 0.803. The van der Waals surface area contributed by atoms with Crippen LogP contribution in [0.4, 0.5) is 10.8 Å². The van der Waals surface area contributed by atoms with Crippen molar-refractivity contribution < 1.29 is 9.53 Å². The monoisotopic (exact) mass is 269 g/mol. The number of nitrogens with two attached hydrogens (primary N) is 1. The highest BCUT2D eigenvalue weighted by atomic mass is 32.1. The lowest BCUT2D eigenvalue weighted by Gasteiger charge is -2.41. The molecule has 0 unspecified atom stereocenters. The molecule has 6 heteroatoms. The Morgan fingerprint density at radius 2 is 2.33 bits per heavy atom. The molecule has 1 aliphatic rings. The van der Waals surface area contributed by atoms with E-state index in [1.165, 1.54) is 37.9 Å². The molecule has 1 aromatic heterocycles. The number of ether oxygens (including phenoxy) is 1. The van der Waals surface area contributed by atoms with E-state index in [4.69, 9.17) is 10.5 Å². The third-order valence-corrected chi connectivity index (χ3v) is 4.72. The minimum absolute atomic E-state index is 0.244. The number of hydrogen-bond acceptors (Lipinski definition) is 6. The van der Waals surface area contributed by atoms with Crippen molar-refractivity contribution in [3.8, 4) is 0 Å². The number of anilines is 2. The van der Waals surface area contributed by atoms with Gasteiger partial charge in [0.15, 0.2) is 5.82 Å². The van der Waals surface area contributed by atoms with Crippen LogP contribution in [0.2, 0.25) is 0 Å². The highest BCUT2D eigenvalue weighted by Gasteiger charge is 2.35. The van der Waals surface area contributed by atoms with Crippen molar-refractivity contribution in [2.45, 2.75) is 32.6 Å². The van der Waals surface area contributed by atoms with Crippen LogP contribution in [0, 0.1) is 5.41 Å². The van der Waals surface area contributed by atoms with E-state index in [-0.39, 0.29) is 5.82 Å². The Morgan fingerprint density at radius 1 is 1.61 bits per heavy atom. The fourth-order valence-corrected chi connectivity index (χ4v) is 3.02. The van der Waals surface area contributed by atoms with E-state index in [1.54, 1.807) is 0 Å². The van der Waals surface area contributed by atoms with Gasteiger partial charge >= 0.3 is 5.97 Å². The first-order chi connectivity index (χ1) is 8.62. The topological polar surface area (TPSA) is 77.2 Å². The van der Waals surface area contributed by atoms with Gasteiger partial charge in [-0.15, -0.1) is 0 Å². The number of esters is 1. The molecule has 5 nitrogen and oxygen atoms in total. The van der Waals surface area contributed by atoms with Gasteiger partial charge in [0.1, 0.15) is 10.6 Å². The van der Waals surface area contributed by atoms with Crippen LogP contribution in [0.15, 0.2) is 0 Å². The molecule has 0 radical (unpaired) electrons. The summed E-state index contributed by atoms with van der Waals surface area (Å²) >= 11 is 1.22. The zero-order valence-electron chi connectivity index (χ0n) is 10.8. The number of carbonyl (C=O) groups is 1. The standard InChI is InChI=1S/C12H19N3O2S/c1-3-12(5-4-6-12)7-14-10-8(11(16)17-2)9(13)15-18-10/h14H,3-7H2,1-2H3,(H2,13,15). The van der Waals surface area contributed by atoms with Crippen LogP contribution in [-0.2, 0) is 4.74 Å². The Labute approximate surface area is 111 Å². The van der Waals surface area contributed by atoms with Crippen LogP contribution in [-0.4, -0.2) is 24.0 Å². The predicted molar refractivity (Wildman–Crippen MR) is 72.9 cm³/mol. The van der Waals surface area contributed by atoms with Crippen molar-refractivity contribution in [3.63, 3.8) is 0 Å². The summed E-state index contributed by atoms with van der Waals surface area (Å²) in [7, 11) is 1.35. The Bertz CT molecular complexity index is 435. The van der Waals surface area contributed by atoms with Gasteiger partial charge in [0, 0.05) is 6.54 Å². The first-order valence-corrected chi connectivity index (χ1v) is 6.96. The number of methoxy groups -OCH3 is 1. The Hall–Kier alpha value is -1.30. The lowest BCUT2D eigenvalue weighted by Crippen LogP contribution is -2.35. The number of nitrogens with zero attached hydrogens (tertiary/aromatic N) is 1. The van der Waals surface area contributed by atoms with Crippen LogP contribution in [0.25, 0.3) is 0 Å². The van der Waals surface area contributed by atoms with Gasteiger partial charge in [-0.25, -0.2) is 4.79 Å². The van der Waals surface area contributed by atoms with E-state index in [0.29, 0.717) is 11.0 Å². The Balaban J connectivity index is 2.07. The van der Waals surface area contributed by atoms with Crippen LogP contribution in [0.3, 0.4) is 0 Å². The summed E-state index contributed by atoms with van der Waals surface area (Å²) in [6.07, 6.45) is 4.95. The van der Waals surface area contributed by atoms with Crippen LogP contribution in [0.1, 0.15) is 43.0 Å². The predicted octanol–water partition coefficient (Wildman–Crippen LogP) is 2.50. The number of nitrogens with one attached hydrogen (secondary N) is 1. The maximum Gasteiger partial charge on any atom is 0.344 e. The average molecular weight is 269 g/mol. The van der Waals surface area contributed by atoms with E-state index in [2.05, 4.69) is 16.6 Å². The number of carbonyl (C=O) groups excluding carboxylic acids is 1. The van der Waals surface area contributed by atoms with Gasteiger partial charge in [-0.2, -0.15) is 4.37 Å². The summed E-state index contributed by atoms with van der Waals surface area (Å²) in [5, 5.41) is 4.04. The molecule has 2 rings (SSSR count). The Morgan fingerprint density at radius 3 is 2.83 bits per heavy atom. The zero-order valence-corrected chi connectivity index (χ0v) is 11.6. The van der Waals surface area contributed by atoms with Crippen molar-refractivity contribution in [1.82, 2.24) is 4.37 Å². The lowest BCUT2D eigenvalue weighted by atomic mass is 9.67. The normalized spacial score (nSPS) is 17.0. The average Bonchev–Trinajstić information content (AvgIpc) is 2.69. The molecule has 0 atom stereocenters. The van der Waals surface area contributed by atoms with E-state index >= 15 is 0 Å². The second kappa shape index (κ2) is 5.14. The molecule has 1 aromatic rings.